The number of hydrogen-bond acceptors (Lipinski definition) is 8. The summed E-state index contributed by atoms with van der Waals surface area (Å²) in [5.41, 5.74) is 2.33. The molecule has 34 heavy (non-hydrogen) atoms. The summed E-state index contributed by atoms with van der Waals surface area (Å²) in [6, 6.07) is 15.1. The molecule has 0 saturated heterocycles. The van der Waals surface area contributed by atoms with Crippen LogP contribution in [0.25, 0.3) is 11.4 Å². The third-order valence-corrected chi connectivity index (χ3v) is 6.77. The van der Waals surface area contributed by atoms with Crippen molar-refractivity contribution in [1.82, 2.24) is 19.1 Å². The van der Waals surface area contributed by atoms with E-state index in [1.807, 2.05) is 71.5 Å². The van der Waals surface area contributed by atoms with E-state index in [9.17, 15) is 9.59 Å². The van der Waals surface area contributed by atoms with Gasteiger partial charge in [0, 0.05) is 23.8 Å². The van der Waals surface area contributed by atoms with Crippen LogP contribution in [0.1, 0.15) is 34.8 Å². The van der Waals surface area contributed by atoms with Gasteiger partial charge < -0.3 is 9.47 Å². The molecule has 0 aliphatic heterocycles. The van der Waals surface area contributed by atoms with Crippen LogP contribution in [0.5, 0.6) is 11.5 Å². The van der Waals surface area contributed by atoms with Gasteiger partial charge in [0.2, 0.25) is 0 Å². The summed E-state index contributed by atoms with van der Waals surface area (Å²) in [5.74, 6) is 1.54. The quantitative estimate of drug-likeness (QED) is 0.206. The summed E-state index contributed by atoms with van der Waals surface area (Å²) >= 11 is 0. The van der Waals surface area contributed by atoms with E-state index < -0.39 is 0 Å². The molecule has 174 valence electrons. The minimum atomic E-state index is 0.320. The van der Waals surface area contributed by atoms with E-state index in [0.717, 1.165) is 22.9 Å². The summed E-state index contributed by atoms with van der Waals surface area (Å²) in [5, 5.41) is 1.20. The van der Waals surface area contributed by atoms with Gasteiger partial charge in [0.25, 0.3) is 0 Å². The Morgan fingerprint density at radius 1 is 0.706 bits per heavy atom. The Bertz CT molecular complexity index is 1170. The molecule has 2 aromatic heterocycles. The number of carbonyl (C=O) groups excluding carboxylic acids is 2. The van der Waals surface area contributed by atoms with Crippen molar-refractivity contribution >= 4 is 34.2 Å². The second-order valence-corrected chi connectivity index (χ2v) is 8.96. The Morgan fingerprint density at radius 3 is 1.41 bits per heavy atom. The fourth-order valence-corrected chi connectivity index (χ4v) is 5.24. The van der Waals surface area contributed by atoms with Gasteiger partial charge in [0.1, 0.15) is 22.9 Å². The number of ether oxygens (including phenoxy) is 2. The first-order valence-corrected chi connectivity index (χ1v) is 12.7. The summed E-state index contributed by atoms with van der Waals surface area (Å²) in [7, 11) is 2.69. The van der Waals surface area contributed by atoms with Gasteiger partial charge in [0.15, 0.2) is 22.9 Å². The Hall–Kier alpha value is -3.50. The van der Waals surface area contributed by atoms with Crippen molar-refractivity contribution in [2.45, 2.75) is 24.2 Å². The number of nitrogens with zero attached hydrogens (tertiary/aromatic N) is 4. The van der Waals surface area contributed by atoms with Gasteiger partial charge in [-0.3, -0.25) is 18.7 Å². The maximum atomic E-state index is 11.4. The van der Waals surface area contributed by atoms with Gasteiger partial charge >= 0.3 is 0 Å². The number of aromatic nitrogens is 4. The standard InChI is InChI=1S/C24H22N4O4S2/c1-3-31-21-9-5-19(6-10-21)27-13-17(15-29)25-23(27)33-34-24-26-18(16-30)14-28(24)20-7-11-22(12-8-20)32-4-2/h5-16H,3-4H2,1-2H3. The molecule has 0 saturated carbocycles. The molecule has 0 bridgehead atoms. The number of carbonyl (C=O) groups is 2. The zero-order valence-electron chi connectivity index (χ0n) is 18.6. The molecular formula is C24H22N4O4S2. The first-order valence-electron chi connectivity index (χ1n) is 10.5. The van der Waals surface area contributed by atoms with Gasteiger partial charge in [-0.25, -0.2) is 9.97 Å². The molecule has 0 amide bonds. The zero-order valence-corrected chi connectivity index (χ0v) is 20.2. The largest absolute Gasteiger partial charge is 0.494 e. The molecule has 0 aliphatic carbocycles. The van der Waals surface area contributed by atoms with E-state index in [0.29, 0.717) is 47.5 Å². The maximum Gasteiger partial charge on any atom is 0.184 e. The highest BCUT2D eigenvalue weighted by Crippen LogP contribution is 2.38. The van der Waals surface area contributed by atoms with Crippen LogP contribution in [0.15, 0.2) is 71.2 Å². The van der Waals surface area contributed by atoms with Gasteiger partial charge in [-0.05, 0) is 84.0 Å². The molecule has 8 nitrogen and oxygen atoms in total. The molecule has 4 rings (SSSR count). The number of hydrogen-bond donors (Lipinski definition) is 0. The molecule has 2 aromatic carbocycles. The smallest absolute Gasteiger partial charge is 0.184 e. The SMILES string of the molecule is CCOc1ccc(-n2cc(C=O)nc2SSc2nc(C=O)cn2-c2ccc(OCC)cc2)cc1. The van der Waals surface area contributed by atoms with Crippen LogP contribution in [0, 0.1) is 0 Å². The van der Waals surface area contributed by atoms with Crippen molar-refractivity contribution in [2.24, 2.45) is 0 Å². The van der Waals surface area contributed by atoms with E-state index in [4.69, 9.17) is 9.47 Å². The lowest BCUT2D eigenvalue weighted by molar-refractivity contribution is 0.111. The van der Waals surface area contributed by atoms with E-state index in [1.165, 1.54) is 21.6 Å². The molecule has 10 heteroatoms. The lowest BCUT2D eigenvalue weighted by Crippen LogP contribution is -1.97. The van der Waals surface area contributed by atoms with Crippen molar-refractivity contribution in [3.05, 3.63) is 72.3 Å². The molecule has 0 radical (unpaired) electrons. The average Bonchev–Trinajstić information content (AvgIpc) is 3.48. The lowest BCUT2D eigenvalue weighted by atomic mass is 10.3. The first-order chi connectivity index (χ1) is 16.6. The van der Waals surface area contributed by atoms with Crippen LogP contribution in [-0.4, -0.2) is 44.9 Å². The molecule has 0 N–H and O–H groups in total. The van der Waals surface area contributed by atoms with E-state index in [-0.39, 0.29) is 0 Å². The Balaban J connectivity index is 1.60. The minimum Gasteiger partial charge on any atom is -0.494 e. The summed E-state index contributed by atoms with van der Waals surface area (Å²) in [4.78, 5) is 31.6. The monoisotopic (exact) mass is 494 g/mol. The molecular weight excluding hydrogens is 472 g/mol. The van der Waals surface area contributed by atoms with Crippen molar-refractivity contribution in [2.75, 3.05) is 13.2 Å². The van der Waals surface area contributed by atoms with E-state index in [1.54, 1.807) is 12.4 Å². The van der Waals surface area contributed by atoms with Crippen molar-refractivity contribution in [1.29, 1.82) is 0 Å². The Morgan fingerprint density at radius 2 is 1.09 bits per heavy atom. The highest BCUT2D eigenvalue weighted by molar-refractivity contribution is 8.76. The highest BCUT2D eigenvalue weighted by Gasteiger charge is 2.16. The lowest BCUT2D eigenvalue weighted by Gasteiger charge is -2.10. The van der Waals surface area contributed by atoms with Crippen LogP contribution in [-0.2, 0) is 0 Å². The van der Waals surface area contributed by atoms with Crippen molar-refractivity contribution in [3.8, 4) is 22.9 Å². The number of aldehydes is 2. The molecule has 0 aliphatic rings. The third kappa shape index (κ3) is 5.35. The average molecular weight is 495 g/mol. The van der Waals surface area contributed by atoms with Gasteiger partial charge in [0.05, 0.1) is 13.2 Å². The van der Waals surface area contributed by atoms with Crippen LogP contribution in [0.2, 0.25) is 0 Å². The molecule has 4 aromatic rings. The number of imidazole rings is 2. The van der Waals surface area contributed by atoms with Gasteiger partial charge in [-0.15, -0.1) is 0 Å². The Kier molecular flexibility index (Phi) is 7.71. The van der Waals surface area contributed by atoms with Crippen LogP contribution < -0.4 is 9.47 Å². The second kappa shape index (κ2) is 11.1. The topological polar surface area (TPSA) is 88.2 Å². The second-order valence-electron chi connectivity index (χ2n) is 6.89. The fourth-order valence-electron chi connectivity index (χ4n) is 3.18. The summed E-state index contributed by atoms with van der Waals surface area (Å²) < 4.78 is 14.7. The van der Waals surface area contributed by atoms with Crippen LogP contribution in [0.3, 0.4) is 0 Å². The fraction of sp³-hybridized carbons (Fsp3) is 0.167. The zero-order chi connectivity index (χ0) is 23.9. The normalized spacial score (nSPS) is 10.8. The molecule has 0 fully saturated rings. The number of benzene rings is 2. The minimum absolute atomic E-state index is 0.320. The van der Waals surface area contributed by atoms with Gasteiger partial charge in [-0.1, -0.05) is 0 Å². The molecule has 0 atom stereocenters. The predicted octanol–water partition coefficient (Wildman–Crippen LogP) is 5.28. The van der Waals surface area contributed by atoms with Gasteiger partial charge in [-0.2, -0.15) is 0 Å². The summed E-state index contributed by atoms with van der Waals surface area (Å²) in [6.07, 6.45) is 4.79. The first kappa shape index (κ1) is 23.7. The number of rotatable bonds is 11. The van der Waals surface area contributed by atoms with Crippen molar-refractivity contribution in [3.63, 3.8) is 0 Å². The Labute approximate surface area is 204 Å². The molecule has 2 heterocycles. The van der Waals surface area contributed by atoms with E-state index >= 15 is 0 Å². The van der Waals surface area contributed by atoms with Crippen molar-refractivity contribution < 1.29 is 19.1 Å². The predicted molar refractivity (Wildman–Crippen MR) is 132 cm³/mol. The molecule has 0 unspecified atom stereocenters. The molecule has 0 spiro atoms. The third-order valence-electron chi connectivity index (χ3n) is 4.67. The van der Waals surface area contributed by atoms with E-state index in [2.05, 4.69) is 9.97 Å². The van der Waals surface area contributed by atoms with Crippen LogP contribution in [0.4, 0.5) is 0 Å². The highest BCUT2D eigenvalue weighted by atomic mass is 33.1. The summed E-state index contributed by atoms with van der Waals surface area (Å²) in [6.45, 7) is 5.03. The van der Waals surface area contributed by atoms with Crippen LogP contribution >= 0.6 is 21.6 Å². The maximum absolute atomic E-state index is 11.4.